The second-order valence-electron chi connectivity index (χ2n) is 12.9. The first-order valence-electron chi connectivity index (χ1n) is 14.0. The number of aliphatic hydroxyl groups is 3. The van der Waals surface area contributed by atoms with Crippen molar-refractivity contribution in [1.29, 1.82) is 0 Å². The summed E-state index contributed by atoms with van der Waals surface area (Å²) in [7, 11) is 7.01. The van der Waals surface area contributed by atoms with Gasteiger partial charge in [-0.2, -0.15) is 0 Å². The van der Waals surface area contributed by atoms with Crippen LogP contribution in [0.1, 0.15) is 60.7 Å². The summed E-state index contributed by atoms with van der Waals surface area (Å²) >= 11 is 0. The second kappa shape index (κ2) is 9.30. The molecule has 1 amide bonds. The van der Waals surface area contributed by atoms with Gasteiger partial charge in [0.05, 0.1) is 11.6 Å². The van der Waals surface area contributed by atoms with Gasteiger partial charge >= 0.3 is 0 Å². The number of aromatic hydroxyl groups is 1. The summed E-state index contributed by atoms with van der Waals surface area (Å²) in [6.45, 7) is 7.42. The quantitative estimate of drug-likeness (QED) is 0.330. The van der Waals surface area contributed by atoms with E-state index in [2.05, 4.69) is 25.7 Å². The van der Waals surface area contributed by atoms with E-state index >= 15 is 0 Å². The van der Waals surface area contributed by atoms with E-state index in [1.807, 2.05) is 19.0 Å². The number of Topliss-reactive ketones (excluding diaryl/α,β-unsaturated/α-hetero) is 2. The molecule has 5 rings (SSSR count). The lowest BCUT2D eigenvalue weighted by atomic mass is 9.58. The molecule has 222 valence electrons. The van der Waals surface area contributed by atoms with Crippen molar-refractivity contribution in [3.05, 3.63) is 44.9 Å². The van der Waals surface area contributed by atoms with Gasteiger partial charge in [-0.15, -0.1) is 0 Å². The maximum Gasteiger partial charge on any atom is 0.255 e. The Balaban J connectivity index is 1.72. The number of fused-ring (bicyclic) bond motifs is 4. The molecule has 0 bridgehead atoms. The van der Waals surface area contributed by atoms with Crippen molar-refractivity contribution in [1.82, 2.24) is 9.80 Å². The zero-order valence-electron chi connectivity index (χ0n) is 24.7. The number of phenols is 1. The van der Waals surface area contributed by atoms with Crippen LogP contribution in [-0.2, 0) is 29.1 Å². The molecule has 0 aromatic heterocycles. The Bertz CT molecular complexity index is 1460. The summed E-state index contributed by atoms with van der Waals surface area (Å²) in [5, 5.41) is 45.9. The van der Waals surface area contributed by atoms with E-state index in [1.165, 1.54) is 0 Å². The van der Waals surface area contributed by atoms with E-state index in [1.54, 1.807) is 19.0 Å². The molecule has 4 aliphatic rings. The van der Waals surface area contributed by atoms with Crippen LogP contribution < -0.4 is 10.6 Å². The van der Waals surface area contributed by atoms with Crippen molar-refractivity contribution in [2.75, 3.05) is 33.1 Å². The predicted molar refractivity (Wildman–Crippen MR) is 152 cm³/mol. The molecule has 4 atom stereocenters. The van der Waals surface area contributed by atoms with E-state index in [0.717, 1.165) is 17.7 Å². The van der Waals surface area contributed by atoms with Crippen LogP contribution in [0, 0.1) is 11.8 Å². The molecule has 1 heterocycles. The molecule has 1 aliphatic heterocycles. The molecule has 11 heteroatoms. The Morgan fingerprint density at radius 3 is 2.22 bits per heavy atom. The molecular formula is C30H40N4O7. The van der Waals surface area contributed by atoms with Crippen molar-refractivity contribution >= 4 is 23.2 Å². The molecule has 0 unspecified atom stereocenters. The monoisotopic (exact) mass is 568 g/mol. The zero-order valence-corrected chi connectivity index (χ0v) is 24.7. The molecule has 0 saturated carbocycles. The van der Waals surface area contributed by atoms with Crippen LogP contribution in [0.3, 0.4) is 0 Å². The average Bonchev–Trinajstić information content (AvgIpc) is 3.32. The standard InChI is InChI=1S/C30H40N4O7/c1-8-29(2,3)34-11-15-16(12-34)23(35)19-14(21(15)32(4)5)9-13-10-17-22(33(6)7)25(37)20(28(31)40)27(39)30(17,41)26(38)18(13)24(19)36/h13,17,22,35,37-38,41H,8-12H2,1-7H3,(H2,31,40)/t13-,17-,22-,30-/m0/s1. The third kappa shape index (κ3) is 3.78. The van der Waals surface area contributed by atoms with Gasteiger partial charge in [0.25, 0.3) is 5.91 Å². The number of hydrogen-bond acceptors (Lipinski definition) is 10. The summed E-state index contributed by atoms with van der Waals surface area (Å²) in [4.78, 5) is 45.7. The highest BCUT2D eigenvalue weighted by atomic mass is 16.3. The topological polar surface area (TPSA) is 168 Å². The molecule has 0 saturated heterocycles. The van der Waals surface area contributed by atoms with Gasteiger partial charge in [0.2, 0.25) is 5.78 Å². The Morgan fingerprint density at radius 1 is 1.07 bits per heavy atom. The van der Waals surface area contributed by atoms with Gasteiger partial charge in [0.15, 0.2) is 11.4 Å². The van der Waals surface area contributed by atoms with Gasteiger partial charge in [-0.1, -0.05) is 6.92 Å². The lowest BCUT2D eigenvalue weighted by Crippen LogP contribution is -2.63. The molecule has 0 radical (unpaired) electrons. The number of carbonyl (C=O) groups is 3. The van der Waals surface area contributed by atoms with Gasteiger partial charge in [-0.05, 0) is 64.3 Å². The van der Waals surface area contributed by atoms with Crippen molar-refractivity contribution < 1.29 is 34.8 Å². The molecule has 41 heavy (non-hydrogen) atoms. The van der Waals surface area contributed by atoms with Crippen LogP contribution in [0.5, 0.6) is 5.75 Å². The summed E-state index contributed by atoms with van der Waals surface area (Å²) in [6, 6.07) is -1.02. The molecule has 1 aromatic rings. The van der Waals surface area contributed by atoms with Crippen LogP contribution >= 0.6 is 0 Å². The lowest BCUT2D eigenvalue weighted by molar-refractivity contribution is -0.148. The SMILES string of the molecule is CCC(C)(C)N1Cc2c(O)c3c(c(N(C)C)c2C1)C[C@H]1C[C@H]2[C@H](N(C)C)C(O)=C(C(N)=O)C(=O)[C@@]2(O)C(O)=C1C3=O. The van der Waals surface area contributed by atoms with Gasteiger partial charge < -0.3 is 31.1 Å². The third-order valence-electron chi connectivity index (χ3n) is 9.94. The van der Waals surface area contributed by atoms with Crippen LogP contribution in [-0.4, -0.2) is 93.1 Å². The summed E-state index contributed by atoms with van der Waals surface area (Å²) in [6.07, 6.45) is 1.21. The number of carbonyl (C=O) groups excluding carboxylic acids is 3. The van der Waals surface area contributed by atoms with Crippen LogP contribution in [0.15, 0.2) is 22.7 Å². The highest BCUT2D eigenvalue weighted by molar-refractivity contribution is 6.25. The highest BCUT2D eigenvalue weighted by Gasteiger charge is 2.63. The van der Waals surface area contributed by atoms with E-state index in [9.17, 15) is 34.8 Å². The van der Waals surface area contributed by atoms with E-state index in [-0.39, 0.29) is 35.3 Å². The maximum absolute atomic E-state index is 14.2. The molecule has 11 nitrogen and oxygen atoms in total. The minimum Gasteiger partial charge on any atom is -0.510 e. The maximum atomic E-state index is 14.2. The van der Waals surface area contributed by atoms with Crippen LogP contribution in [0.2, 0.25) is 0 Å². The fourth-order valence-electron chi connectivity index (χ4n) is 7.44. The first kappa shape index (κ1) is 29.1. The van der Waals surface area contributed by atoms with Crippen LogP contribution in [0.4, 0.5) is 5.69 Å². The number of nitrogens with zero attached hydrogens (tertiary/aromatic N) is 3. The largest absolute Gasteiger partial charge is 0.510 e. The van der Waals surface area contributed by atoms with Crippen molar-refractivity contribution in [3.8, 4) is 5.75 Å². The molecular weight excluding hydrogens is 528 g/mol. The Kier molecular flexibility index (Phi) is 6.60. The van der Waals surface area contributed by atoms with Crippen molar-refractivity contribution in [2.45, 2.75) is 70.3 Å². The van der Waals surface area contributed by atoms with E-state index in [4.69, 9.17) is 5.73 Å². The smallest absolute Gasteiger partial charge is 0.255 e. The molecule has 6 N–H and O–H groups in total. The lowest BCUT2D eigenvalue weighted by Gasteiger charge is -2.50. The first-order chi connectivity index (χ1) is 19.0. The van der Waals surface area contributed by atoms with E-state index in [0.29, 0.717) is 24.2 Å². The number of anilines is 1. The Hall–Kier alpha value is -3.41. The number of allylic oxidation sites excluding steroid dienone is 1. The van der Waals surface area contributed by atoms with E-state index < -0.39 is 58.0 Å². The number of rotatable bonds is 5. The minimum absolute atomic E-state index is 0.0596. The van der Waals surface area contributed by atoms with Crippen LogP contribution in [0.25, 0.3) is 0 Å². The number of phenolic OH excluding ortho intramolecular Hbond substituents is 1. The molecule has 3 aliphatic carbocycles. The molecule has 1 aromatic carbocycles. The Labute approximate surface area is 239 Å². The minimum atomic E-state index is -2.65. The normalized spacial score (nSPS) is 28.1. The average molecular weight is 569 g/mol. The number of hydrogen-bond donors (Lipinski definition) is 5. The Morgan fingerprint density at radius 2 is 1.68 bits per heavy atom. The predicted octanol–water partition coefficient (Wildman–Crippen LogP) is 1.69. The van der Waals surface area contributed by atoms with Gasteiger partial charge in [0, 0.05) is 55.5 Å². The van der Waals surface area contributed by atoms with Gasteiger partial charge in [-0.3, -0.25) is 24.2 Å². The van der Waals surface area contributed by atoms with Gasteiger partial charge in [-0.25, -0.2) is 0 Å². The summed E-state index contributed by atoms with van der Waals surface area (Å²) in [5.41, 5.74) is 4.82. The second-order valence-corrected chi connectivity index (χ2v) is 12.9. The number of benzene rings is 1. The van der Waals surface area contributed by atoms with Crippen molar-refractivity contribution in [3.63, 3.8) is 0 Å². The number of amides is 1. The number of primary amides is 1. The summed E-state index contributed by atoms with van der Waals surface area (Å²) < 4.78 is 0. The molecule has 0 fully saturated rings. The fraction of sp³-hybridized carbons (Fsp3) is 0.567. The first-order valence-corrected chi connectivity index (χ1v) is 14.0. The zero-order chi connectivity index (χ0) is 30.5. The number of nitrogens with two attached hydrogens (primary N) is 1. The molecule has 0 spiro atoms. The third-order valence-corrected chi connectivity index (χ3v) is 9.94. The number of aliphatic hydroxyl groups excluding tert-OH is 2. The van der Waals surface area contributed by atoms with Gasteiger partial charge in [0.1, 0.15) is 22.8 Å². The summed E-state index contributed by atoms with van der Waals surface area (Å²) in [5.74, 6) is -6.38. The number of likely N-dealkylation sites (N-methyl/N-ethyl adjacent to an activating group) is 1. The highest BCUT2D eigenvalue weighted by Crippen LogP contribution is 2.55. The number of ketones is 2. The fourth-order valence-corrected chi connectivity index (χ4v) is 7.44. The van der Waals surface area contributed by atoms with Crippen molar-refractivity contribution in [2.24, 2.45) is 17.6 Å².